The van der Waals surface area contributed by atoms with Crippen molar-refractivity contribution in [1.82, 2.24) is 0 Å². The molecule has 1 aromatic rings. The summed E-state index contributed by atoms with van der Waals surface area (Å²) in [4.78, 5) is 11.2. The molecule has 5 heteroatoms. The SMILES string of the molecule is COc1cc(O)c(C2(C(C)N)CC2)cc1C(=O)O. The number of aromatic carboxylic acids is 1. The van der Waals surface area contributed by atoms with Crippen LogP contribution in [0, 0.1) is 0 Å². The number of hydrogen-bond donors (Lipinski definition) is 3. The number of carboxylic acids is 1. The molecule has 0 amide bonds. The van der Waals surface area contributed by atoms with Gasteiger partial charge < -0.3 is 20.7 Å². The molecule has 5 nitrogen and oxygen atoms in total. The third-order valence-corrected chi connectivity index (χ3v) is 3.74. The second kappa shape index (κ2) is 4.17. The van der Waals surface area contributed by atoms with Gasteiger partial charge in [-0.2, -0.15) is 0 Å². The number of ether oxygens (including phenoxy) is 1. The van der Waals surface area contributed by atoms with Crippen molar-refractivity contribution in [2.24, 2.45) is 5.73 Å². The topological polar surface area (TPSA) is 92.8 Å². The number of methoxy groups -OCH3 is 1. The summed E-state index contributed by atoms with van der Waals surface area (Å²) in [7, 11) is 1.37. The third-order valence-electron chi connectivity index (χ3n) is 3.74. The van der Waals surface area contributed by atoms with E-state index in [0.29, 0.717) is 5.56 Å². The highest BCUT2D eigenvalue weighted by molar-refractivity contribution is 5.91. The predicted octanol–water partition coefficient (Wildman–Crippen LogP) is 1.48. The summed E-state index contributed by atoms with van der Waals surface area (Å²) in [5, 5.41) is 19.2. The molecule has 0 spiro atoms. The maximum absolute atomic E-state index is 11.2. The zero-order valence-electron chi connectivity index (χ0n) is 10.4. The van der Waals surface area contributed by atoms with E-state index in [1.54, 1.807) is 0 Å². The van der Waals surface area contributed by atoms with Gasteiger partial charge in [-0.3, -0.25) is 0 Å². The zero-order chi connectivity index (χ0) is 13.5. The van der Waals surface area contributed by atoms with Gasteiger partial charge in [-0.25, -0.2) is 4.79 Å². The van der Waals surface area contributed by atoms with Crippen LogP contribution in [-0.4, -0.2) is 29.3 Å². The molecule has 1 aliphatic carbocycles. The first-order valence-electron chi connectivity index (χ1n) is 5.82. The number of carboxylic acid groups (broad SMARTS) is 1. The molecule has 0 bridgehead atoms. The Balaban J connectivity index is 2.56. The average molecular weight is 251 g/mol. The van der Waals surface area contributed by atoms with Crippen LogP contribution in [0.15, 0.2) is 12.1 Å². The minimum absolute atomic E-state index is 0.0478. The molecule has 4 N–H and O–H groups in total. The van der Waals surface area contributed by atoms with Crippen LogP contribution >= 0.6 is 0 Å². The molecule has 18 heavy (non-hydrogen) atoms. The molecule has 1 fully saturated rings. The van der Waals surface area contributed by atoms with Crippen molar-refractivity contribution in [2.45, 2.75) is 31.2 Å². The lowest BCUT2D eigenvalue weighted by Gasteiger charge is -2.22. The zero-order valence-corrected chi connectivity index (χ0v) is 10.4. The number of aromatic hydroxyl groups is 1. The van der Waals surface area contributed by atoms with Gasteiger partial charge in [0.2, 0.25) is 0 Å². The van der Waals surface area contributed by atoms with Crippen LogP contribution in [0.25, 0.3) is 0 Å². The van der Waals surface area contributed by atoms with Crippen molar-refractivity contribution in [3.63, 3.8) is 0 Å². The largest absolute Gasteiger partial charge is 0.508 e. The Morgan fingerprint density at radius 2 is 2.11 bits per heavy atom. The fourth-order valence-electron chi connectivity index (χ4n) is 2.41. The molecule has 0 aliphatic heterocycles. The molecule has 1 unspecified atom stereocenters. The second-order valence-corrected chi connectivity index (χ2v) is 4.82. The van der Waals surface area contributed by atoms with Gasteiger partial charge in [-0.05, 0) is 25.8 Å². The van der Waals surface area contributed by atoms with E-state index in [4.69, 9.17) is 15.6 Å². The smallest absolute Gasteiger partial charge is 0.339 e. The Bertz CT molecular complexity index is 492. The van der Waals surface area contributed by atoms with Crippen LogP contribution in [0.1, 0.15) is 35.7 Å². The summed E-state index contributed by atoms with van der Waals surface area (Å²) < 4.78 is 4.96. The first-order valence-corrected chi connectivity index (χ1v) is 5.82. The van der Waals surface area contributed by atoms with Crippen LogP contribution < -0.4 is 10.5 Å². The summed E-state index contributed by atoms with van der Waals surface area (Å²) in [6, 6.07) is 2.70. The molecule has 1 atom stereocenters. The molecule has 0 aromatic heterocycles. The summed E-state index contributed by atoms with van der Waals surface area (Å²) in [5.41, 5.74) is 6.31. The van der Waals surface area contributed by atoms with Crippen molar-refractivity contribution in [3.05, 3.63) is 23.3 Å². The highest BCUT2D eigenvalue weighted by atomic mass is 16.5. The fraction of sp³-hybridized carbons (Fsp3) is 0.462. The maximum atomic E-state index is 11.2. The van der Waals surface area contributed by atoms with Crippen LogP contribution in [0.2, 0.25) is 0 Å². The number of nitrogens with two attached hydrogens (primary N) is 1. The molecule has 1 saturated carbocycles. The number of phenols is 1. The van der Waals surface area contributed by atoms with Gasteiger partial charge in [0.15, 0.2) is 0 Å². The summed E-state index contributed by atoms with van der Waals surface area (Å²) in [6.45, 7) is 1.87. The van der Waals surface area contributed by atoms with E-state index in [9.17, 15) is 9.90 Å². The molecular formula is C13H17NO4. The monoisotopic (exact) mass is 251 g/mol. The number of rotatable bonds is 4. The lowest BCUT2D eigenvalue weighted by molar-refractivity contribution is 0.0693. The van der Waals surface area contributed by atoms with Gasteiger partial charge in [-0.1, -0.05) is 0 Å². The van der Waals surface area contributed by atoms with E-state index in [2.05, 4.69) is 0 Å². The predicted molar refractivity (Wildman–Crippen MR) is 66.2 cm³/mol. The Labute approximate surface area is 105 Å². The average Bonchev–Trinajstić information content (AvgIpc) is 3.09. The fourth-order valence-corrected chi connectivity index (χ4v) is 2.41. The quantitative estimate of drug-likeness (QED) is 0.753. The van der Waals surface area contributed by atoms with Crippen LogP contribution in [0.5, 0.6) is 11.5 Å². The Morgan fingerprint density at radius 1 is 1.50 bits per heavy atom. The van der Waals surface area contributed by atoms with E-state index in [1.807, 2.05) is 6.92 Å². The van der Waals surface area contributed by atoms with E-state index in [-0.39, 0.29) is 28.5 Å². The summed E-state index contributed by atoms with van der Waals surface area (Å²) in [6.07, 6.45) is 1.73. The first-order chi connectivity index (χ1) is 8.42. The molecule has 1 aliphatic rings. The van der Waals surface area contributed by atoms with Crippen LogP contribution in [0.4, 0.5) is 0 Å². The number of hydrogen-bond acceptors (Lipinski definition) is 4. The first kappa shape index (κ1) is 12.7. The van der Waals surface area contributed by atoms with Crippen molar-refractivity contribution in [1.29, 1.82) is 0 Å². The standard InChI is InChI=1S/C13H17NO4/c1-7(14)13(3-4-13)9-5-8(12(16)17)11(18-2)6-10(9)15/h5-7,15H,3-4,14H2,1-2H3,(H,16,17). The van der Waals surface area contributed by atoms with E-state index < -0.39 is 5.97 Å². The minimum atomic E-state index is -1.08. The molecular weight excluding hydrogens is 234 g/mol. The van der Waals surface area contributed by atoms with Gasteiger partial charge in [0.25, 0.3) is 0 Å². The molecule has 98 valence electrons. The van der Waals surface area contributed by atoms with Crippen LogP contribution in [0.3, 0.4) is 0 Å². The lowest BCUT2D eigenvalue weighted by Crippen LogP contribution is -2.31. The minimum Gasteiger partial charge on any atom is -0.508 e. The number of phenolic OH excluding ortho intramolecular Hbond substituents is 1. The van der Waals surface area contributed by atoms with Crippen molar-refractivity contribution >= 4 is 5.97 Å². The lowest BCUT2D eigenvalue weighted by atomic mass is 9.87. The highest BCUT2D eigenvalue weighted by Gasteiger charge is 2.49. The Kier molecular flexibility index (Phi) is 2.94. The van der Waals surface area contributed by atoms with E-state index in [1.165, 1.54) is 19.2 Å². The summed E-state index contributed by atoms with van der Waals surface area (Å²) >= 11 is 0. The van der Waals surface area contributed by atoms with E-state index in [0.717, 1.165) is 12.8 Å². The van der Waals surface area contributed by atoms with E-state index >= 15 is 0 Å². The molecule has 2 rings (SSSR count). The van der Waals surface area contributed by atoms with Gasteiger partial charge in [0, 0.05) is 23.1 Å². The molecule has 0 saturated heterocycles. The Hall–Kier alpha value is -1.75. The normalized spacial score (nSPS) is 18.2. The third kappa shape index (κ3) is 1.80. The van der Waals surface area contributed by atoms with Crippen molar-refractivity contribution < 1.29 is 19.7 Å². The van der Waals surface area contributed by atoms with Gasteiger partial charge in [-0.15, -0.1) is 0 Å². The van der Waals surface area contributed by atoms with Crippen LogP contribution in [-0.2, 0) is 5.41 Å². The van der Waals surface area contributed by atoms with Gasteiger partial charge in [0.05, 0.1) is 7.11 Å². The number of benzene rings is 1. The van der Waals surface area contributed by atoms with Crippen molar-refractivity contribution in [2.75, 3.05) is 7.11 Å². The number of carbonyl (C=O) groups is 1. The van der Waals surface area contributed by atoms with Gasteiger partial charge >= 0.3 is 5.97 Å². The highest BCUT2D eigenvalue weighted by Crippen LogP contribution is 2.53. The maximum Gasteiger partial charge on any atom is 0.339 e. The second-order valence-electron chi connectivity index (χ2n) is 4.82. The van der Waals surface area contributed by atoms with Crippen molar-refractivity contribution in [3.8, 4) is 11.5 Å². The van der Waals surface area contributed by atoms with Gasteiger partial charge in [0.1, 0.15) is 17.1 Å². The molecule has 0 heterocycles. The molecule has 1 aromatic carbocycles. The molecule has 0 radical (unpaired) electrons. The summed E-state index contributed by atoms with van der Waals surface area (Å²) in [5.74, 6) is -0.871. The Morgan fingerprint density at radius 3 is 2.50 bits per heavy atom.